The summed E-state index contributed by atoms with van der Waals surface area (Å²) in [6.07, 6.45) is 0.953. The Bertz CT molecular complexity index is 680. The number of amides is 1. The van der Waals surface area contributed by atoms with Crippen molar-refractivity contribution < 1.29 is 4.79 Å². The van der Waals surface area contributed by atoms with Crippen LogP contribution < -0.4 is 10.6 Å². The molecule has 2 N–H and O–H groups in total. The van der Waals surface area contributed by atoms with Crippen molar-refractivity contribution in [1.82, 2.24) is 15.3 Å². The van der Waals surface area contributed by atoms with Crippen LogP contribution in [0.4, 0.5) is 5.82 Å². The summed E-state index contributed by atoms with van der Waals surface area (Å²) in [6.45, 7) is 9.44. The molecule has 128 valence electrons. The number of carbonyl (C=O) groups excluding carboxylic acids is 1. The Morgan fingerprint density at radius 2 is 1.83 bits per heavy atom. The minimum atomic E-state index is -0.153. The van der Waals surface area contributed by atoms with E-state index < -0.39 is 0 Å². The molecular formula is C19H26N4O. The van der Waals surface area contributed by atoms with Crippen molar-refractivity contribution in [2.24, 2.45) is 5.92 Å². The molecule has 0 saturated carbocycles. The fourth-order valence-electron chi connectivity index (χ4n) is 2.24. The molecule has 0 aliphatic rings. The van der Waals surface area contributed by atoms with E-state index in [1.165, 1.54) is 11.1 Å². The van der Waals surface area contributed by atoms with Crippen molar-refractivity contribution in [3.05, 3.63) is 53.0 Å². The van der Waals surface area contributed by atoms with Crippen molar-refractivity contribution in [3.63, 3.8) is 0 Å². The lowest BCUT2D eigenvalue weighted by Gasteiger charge is -2.10. The summed E-state index contributed by atoms with van der Waals surface area (Å²) in [5.74, 6) is 1.65. The molecule has 0 bridgehead atoms. The monoisotopic (exact) mass is 326 g/mol. The van der Waals surface area contributed by atoms with E-state index in [4.69, 9.17) is 0 Å². The SMILES string of the molecule is Cc1ccc(CNc2cc(C(=O)NCCC(C)C)nc(C)n2)cc1. The van der Waals surface area contributed by atoms with Crippen molar-refractivity contribution in [2.75, 3.05) is 11.9 Å². The third kappa shape index (κ3) is 5.65. The molecule has 0 radical (unpaired) electrons. The molecule has 24 heavy (non-hydrogen) atoms. The van der Waals surface area contributed by atoms with Crippen molar-refractivity contribution >= 4 is 11.7 Å². The lowest BCUT2D eigenvalue weighted by atomic mass is 10.1. The average Bonchev–Trinajstić information content (AvgIpc) is 2.53. The van der Waals surface area contributed by atoms with Crippen LogP contribution in [0.5, 0.6) is 0 Å². The van der Waals surface area contributed by atoms with Gasteiger partial charge >= 0.3 is 0 Å². The number of hydrogen-bond acceptors (Lipinski definition) is 4. The second-order valence-electron chi connectivity index (χ2n) is 6.46. The minimum absolute atomic E-state index is 0.153. The highest BCUT2D eigenvalue weighted by molar-refractivity contribution is 5.92. The molecule has 1 heterocycles. The van der Waals surface area contributed by atoms with Gasteiger partial charge in [-0.15, -0.1) is 0 Å². The first-order chi connectivity index (χ1) is 11.4. The highest BCUT2D eigenvalue weighted by atomic mass is 16.1. The van der Waals surface area contributed by atoms with Gasteiger partial charge in [0.25, 0.3) is 5.91 Å². The zero-order valence-corrected chi connectivity index (χ0v) is 14.9. The van der Waals surface area contributed by atoms with Crippen LogP contribution in [-0.4, -0.2) is 22.4 Å². The first-order valence-corrected chi connectivity index (χ1v) is 8.37. The number of nitrogens with one attached hydrogen (secondary N) is 2. The lowest BCUT2D eigenvalue weighted by molar-refractivity contribution is 0.0946. The summed E-state index contributed by atoms with van der Waals surface area (Å²) < 4.78 is 0. The van der Waals surface area contributed by atoms with Gasteiger partial charge in [-0.3, -0.25) is 4.79 Å². The van der Waals surface area contributed by atoms with Gasteiger partial charge in [0.1, 0.15) is 17.3 Å². The number of rotatable bonds is 7. The van der Waals surface area contributed by atoms with E-state index in [1.54, 1.807) is 13.0 Å². The second kappa shape index (κ2) is 8.43. The Morgan fingerprint density at radius 3 is 2.50 bits per heavy atom. The smallest absolute Gasteiger partial charge is 0.270 e. The summed E-state index contributed by atoms with van der Waals surface area (Å²) in [5.41, 5.74) is 2.80. The number of benzene rings is 1. The zero-order valence-electron chi connectivity index (χ0n) is 14.9. The van der Waals surface area contributed by atoms with E-state index in [9.17, 15) is 4.79 Å². The number of anilines is 1. The van der Waals surface area contributed by atoms with Gasteiger partial charge in [-0.05, 0) is 31.7 Å². The summed E-state index contributed by atoms with van der Waals surface area (Å²) >= 11 is 0. The van der Waals surface area contributed by atoms with E-state index >= 15 is 0 Å². The molecule has 0 spiro atoms. The molecule has 5 heteroatoms. The van der Waals surface area contributed by atoms with E-state index in [-0.39, 0.29) is 5.91 Å². The average molecular weight is 326 g/mol. The van der Waals surface area contributed by atoms with Gasteiger partial charge in [0.15, 0.2) is 0 Å². The topological polar surface area (TPSA) is 66.9 Å². The predicted molar refractivity (Wildman–Crippen MR) is 97.1 cm³/mol. The van der Waals surface area contributed by atoms with Gasteiger partial charge in [-0.25, -0.2) is 9.97 Å². The first-order valence-electron chi connectivity index (χ1n) is 8.37. The third-order valence-electron chi connectivity index (χ3n) is 3.67. The van der Waals surface area contributed by atoms with Gasteiger partial charge in [-0.1, -0.05) is 43.7 Å². The Morgan fingerprint density at radius 1 is 1.12 bits per heavy atom. The first kappa shape index (κ1) is 17.9. The quantitative estimate of drug-likeness (QED) is 0.817. The number of nitrogens with zero attached hydrogens (tertiary/aromatic N) is 2. The predicted octanol–water partition coefficient (Wildman–Crippen LogP) is 3.48. The van der Waals surface area contributed by atoms with Crippen LogP contribution in [0.1, 0.15) is 47.7 Å². The second-order valence-corrected chi connectivity index (χ2v) is 6.46. The molecule has 2 rings (SSSR count). The van der Waals surface area contributed by atoms with Crippen LogP contribution in [-0.2, 0) is 6.54 Å². The van der Waals surface area contributed by atoms with E-state index in [0.29, 0.717) is 36.3 Å². The lowest BCUT2D eigenvalue weighted by Crippen LogP contribution is -2.26. The van der Waals surface area contributed by atoms with Gasteiger partial charge in [-0.2, -0.15) is 0 Å². The Kier molecular flexibility index (Phi) is 6.29. The number of hydrogen-bond donors (Lipinski definition) is 2. The van der Waals surface area contributed by atoms with Crippen molar-refractivity contribution in [1.29, 1.82) is 0 Å². The van der Waals surface area contributed by atoms with Gasteiger partial charge in [0.05, 0.1) is 0 Å². The molecule has 0 aliphatic carbocycles. The number of aryl methyl sites for hydroxylation is 2. The van der Waals surface area contributed by atoms with Crippen LogP contribution in [0.3, 0.4) is 0 Å². The van der Waals surface area contributed by atoms with E-state index in [2.05, 4.69) is 65.6 Å². The molecule has 1 amide bonds. The van der Waals surface area contributed by atoms with Gasteiger partial charge in [0.2, 0.25) is 0 Å². The van der Waals surface area contributed by atoms with Crippen molar-refractivity contribution in [3.8, 4) is 0 Å². The molecular weight excluding hydrogens is 300 g/mol. The maximum atomic E-state index is 12.2. The minimum Gasteiger partial charge on any atom is -0.366 e. The summed E-state index contributed by atoms with van der Waals surface area (Å²) in [5, 5.41) is 6.17. The molecule has 1 aromatic carbocycles. The molecule has 5 nitrogen and oxygen atoms in total. The third-order valence-corrected chi connectivity index (χ3v) is 3.67. The number of aromatic nitrogens is 2. The van der Waals surface area contributed by atoms with Crippen LogP contribution in [0.15, 0.2) is 30.3 Å². The Balaban J connectivity index is 1.99. The molecule has 2 aromatic rings. The molecule has 1 aromatic heterocycles. The van der Waals surface area contributed by atoms with Crippen LogP contribution in [0, 0.1) is 19.8 Å². The van der Waals surface area contributed by atoms with Crippen LogP contribution >= 0.6 is 0 Å². The standard InChI is InChI=1S/C19H26N4O/c1-13(2)9-10-20-19(24)17-11-18(23-15(4)22-17)21-12-16-7-5-14(3)6-8-16/h5-8,11,13H,9-10,12H2,1-4H3,(H,20,24)(H,21,22,23). The van der Waals surface area contributed by atoms with Crippen molar-refractivity contribution in [2.45, 2.75) is 40.7 Å². The molecule has 0 fully saturated rings. The molecule has 0 saturated heterocycles. The fourth-order valence-corrected chi connectivity index (χ4v) is 2.24. The summed E-state index contributed by atoms with van der Waals surface area (Å²) in [6, 6.07) is 10.0. The highest BCUT2D eigenvalue weighted by Gasteiger charge is 2.10. The molecule has 0 unspecified atom stereocenters. The van der Waals surface area contributed by atoms with Gasteiger partial charge in [0, 0.05) is 19.2 Å². The van der Waals surface area contributed by atoms with E-state index in [0.717, 1.165) is 6.42 Å². The molecule has 0 aliphatic heterocycles. The zero-order chi connectivity index (χ0) is 17.5. The Labute approximate surface area is 143 Å². The maximum Gasteiger partial charge on any atom is 0.270 e. The highest BCUT2D eigenvalue weighted by Crippen LogP contribution is 2.10. The van der Waals surface area contributed by atoms with Crippen LogP contribution in [0.2, 0.25) is 0 Å². The normalized spacial score (nSPS) is 10.7. The maximum absolute atomic E-state index is 12.2. The number of carbonyl (C=O) groups is 1. The Hall–Kier alpha value is -2.43. The van der Waals surface area contributed by atoms with Crippen LogP contribution in [0.25, 0.3) is 0 Å². The van der Waals surface area contributed by atoms with Gasteiger partial charge < -0.3 is 10.6 Å². The molecule has 0 atom stereocenters. The fraction of sp³-hybridized carbons (Fsp3) is 0.421. The largest absolute Gasteiger partial charge is 0.366 e. The summed E-state index contributed by atoms with van der Waals surface area (Å²) in [4.78, 5) is 20.8. The summed E-state index contributed by atoms with van der Waals surface area (Å²) in [7, 11) is 0. The van der Waals surface area contributed by atoms with E-state index in [1.807, 2.05) is 0 Å².